The molecule has 0 spiro atoms. The Hall–Kier alpha value is -0.210. The van der Waals surface area contributed by atoms with Crippen molar-refractivity contribution in [1.82, 2.24) is 0 Å². The van der Waals surface area contributed by atoms with E-state index in [0.29, 0.717) is 24.7 Å². The first-order valence-electron chi connectivity index (χ1n) is 6.03. The number of halogens is 3. The molecule has 2 aliphatic carbocycles. The van der Waals surface area contributed by atoms with Gasteiger partial charge in [-0.05, 0) is 49.9 Å². The van der Waals surface area contributed by atoms with E-state index in [1.54, 1.807) is 0 Å². The molecule has 0 heterocycles. The lowest BCUT2D eigenvalue weighted by Crippen LogP contribution is -2.36. The number of alkyl halides is 3. The minimum atomic E-state index is -3.95. The third kappa shape index (κ3) is 2.48. The van der Waals surface area contributed by atoms with Crippen LogP contribution in [0.3, 0.4) is 0 Å². The van der Waals surface area contributed by atoms with Crippen molar-refractivity contribution in [2.75, 3.05) is 0 Å². The highest BCUT2D eigenvalue weighted by Gasteiger charge is 2.45. The fraction of sp³-hybridized carbons (Fsp3) is 1.00. The van der Waals surface area contributed by atoms with Gasteiger partial charge in [-0.2, -0.15) is 13.2 Å². The molecule has 88 valence electrons. The Morgan fingerprint density at radius 3 is 2.13 bits per heavy atom. The van der Waals surface area contributed by atoms with Crippen LogP contribution in [0.15, 0.2) is 0 Å². The van der Waals surface area contributed by atoms with Crippen LogP contribution in [0.2, 0.25) is 0 Å². The Labute approximate surface area is 89.2 Å². The molecule has 0 N–H and O–H groups in total. The molecule has 0 aliphatic heterocycles. The maximum atomic E-state index is 12.6. The minimum absolute atomic E-state index is 0.363. The molecule has 0 aromatic carbocycles. The first-order valence-corrected chi connectivity index (χ1v) is 6.03. The molecule has 2 rings (SSSR count). The van der Waals surface area contributed by atoms with E-state index >= 15 is 0 Å². The van der Waals surface area contributed by atoms with Crippen LogP contribution in [0, 0.1) is 23.7 Å². The lowest BCUT2D eigenvalue weighted by molar-refractivity contribution is -0.190. The van der Waals surface area contributed by atoms with E-state index < -0.39 is 12.1 Å². The van der Waals surface area contributed by atoms with E-state index in [9.17, 15) is 13.2 Å². The summed E-state index contributed by atoms with van der Waals surface area (Å²) in [5.41, 5.74) is 0. The van der Waals surface area contributed by atoms with Crippen molar-refractivity contribution in [1.29, 1.82) is 0 Å². The average molecular weight is 220 g/mol. The predicted octanol–water partition coefficient (Wildman–Crippen LogP) is 4.40. The van der Waals surface area contributed by atoms with Gasteiger partial charge in [0, 0.05) is 0 Å². The zero-order chi connectivity index (χ0) is 11.1. The number of hydrogen-bond donors (Lipinski definition) is 0. The summed E-state index contributed by atoms with van der Waals surface area (Å²) in [6.45, 7) is 2.23. The van der Waals surface area contributed by atoms with E-state index in [2.05, 4.69) is 6.92 Å². The van der Waals surface area contributed by atoms with Crippen molar-refractivity contribution in [3.05, 3.63) is 0 Å². The number of fused-ring (bicyclic) bond motifs is 1. The second kappa shape index (κ2) is 3.99. The molecule has 2 saturated carbocycles. The maximum absolute atomic E-state index is 12.6. The summed E-state index contributed by atoms with van der Waals surface area (Å²) in [6, 6.07) is 0. The van der Waals surface area contributed by atoms with Gasteiger partial charge in [-0.15, -0.1) is 0 Å². The molecule has 4 unspecified atom stereocenters. The fourth-order valence-electron chi connectivity index (χ4n) is 3.42. The van der Waals surface area contributed by atoms with Crippen LogP contribution in [0.5, 0.6) is 0 Å². The Morgan fingerprint density at radius 2 is 1.47 bits per heavy atom. The lowest BCUT2D eigenvalue weighted by Gasteiger charge is -2.41. The number of rotatable bonds is 0. The van der Waals surface area contributed by atoms with Gasteiger partial charge in [-0.1, -0.05) is 13.3 Å². The molecule has 0 aromatic rings. The molecule has 4 atom stereocenters. The van der Waals surface area contributed by atoms with Crippen LogP contribution in [-0.2, 0) is 0 Å². The number of hydrogen-bond acceptors (Lipinski definition) is 0. The molecular weight excluding hydrogens is 201 g/mol. The van der Waals surface area contributed by atoms with E-state index in [4.69, 9.17) is 0 Å². The summed E-state index contributed by atoms with van der Waals surface area (Å²) in [4.78, 5) is 0. The van der Waals surface area contributed by atoms with Crippen molar-refractivity contribution in [2.45, 2.75) is 51.6 Å². The Kier molecular flexibility index (Phi) is 3.00. The van der Waals surface area contributed by atoms with E-state index in [1.807, 2.05) is 0 Å². The molecular formula is C12H19F3. The highest BCUT2D eigenvalue weighted by Crippen LogP contribution is 2.48. The van der Waals surface area contributed by atoms with E-state index in [-0.39, 0.29) is 0 Å². The Balaban J connectivity index is 1.95. The quantitative estimate of drug-likeness (QED) is 0.567. The summed E-state index contributed by atoms with van der Waals surface area (Å²) in [6.07, 6.45) is 0.949. The van der Waals surface area contributed by atoms with E-state index in [0.717, 1.165) is 31.6 Å². The van der Waals surface area contributed by atoms with Crippen LogP contribution >= 0.6 is 0 Å². The van der Waals surface area contributed by atoms with Gasteiger partial charge in [0.05, 0.1) is 5.92 Å². The van der Waals surface area contributed by atoms with Gasteiger partial charge >= 0.3 is 6.18 Å². The first-order chi connectivity index (χ1) is 6.97. The topological polar surface area (TPSA) is 0 Å². The molecule has 0 amide bonds. The van der Waals surface area contributed by atoms with Gasteiger partial charge in [0.15, 0.2) is 0 Å². The molecule has 0 aromatic heterocycles. The van der Waals surface area contributed by atoms with Crippen molar-refractivity contribution in [2.24, 2.45) is 23.7 Å². The van der Waals surface area contributed by atoms with Crippen LogP contribution in [-0.4, -0.2) is 6.18 Å². The third-order valence-corrected chi connectivity index (χ3v) is 4.34. The highest BCUT2D eigenvalue weighted by atomic mass is 19.4. The standard InChI is InChI=1S/C12H19F3/c1-8-2-3-10-7-11(12(13,14)15)5-4-9(10)6-8/h8-11H,2-7H2,1H3. The summed E-state index contributed by atoms with van der Waals surface area (Å²) in [5, 5.41) is 0. The zero-order valence-corrected chi connectivity index (χ0v) is 9.19. The van der Waals surface area contributed by atoms with Crippen LogP contribution in [0.1, 0.15) is 45.4 Å². The van der Waals surface area contributed by atoms with Gasteiger partial charge in [0.1, 0.15) is 0 Å². The van der Waals surface area contributed by atoms with Crippen LogP contribution in [0.4, 0.5) is 13.2 Å². The first kappa shape index (κ1) is 11.3. The van der Waals surface area contributed by atoms with Crippen molar-refractivity contribution in [3.8, 4) is 0 Å². The Bertz CT molecular complexity index is 221. The minimum Gasteiger partial charge on any atom is -0.171 e. The van der Waals surface area contributed by atoms with Crippen LogP contribution in [0.25, 0.3) is 0 Å². The third-order valence-electron chi connectivity index (χ3n) is 4.34. The summed E-state index contributed by atoms with van der Waals surface area (Å²) in [7, 11) is 0. The summed E-state index contributed by atoms with van der Waals surface area (Å²) < 4.78 is 37.7. The van der Waals surface area contributed by atoms with E-state index in [1.165, 1.54) is 0 Å². The second-order valence-electron chi connectivity index (χ2n) is 5.49. The van der Waals surface area contributed by atoms with Gasteiger partial charge in [-0.3, -0.25) is 0 Å². The van der Waals surface area contributed by atoms with Gasteiger partial charge < -0.3 is 0 Å². The fourth-order valence-corrected chi connectivity index (χ4v) is 3.42. The second-order valence-corrected chi connectivity index (χ2v) is 5.49. The smallest absolute Gasteiger partial charge is 0.171 e. The lowest BCUT2D eigenvalue weighted by atomic mass is 9.65. The Morgan fingerprint density at radius 1 is 0.867 bits per heavy atom. The molecule has 0 saturated heterocycles. The molecule has 0 bridgehead atoms. The van der Waals surface area contributed by atoms with Crippen molar-refractivity contribution >= 4 is 0 Å². The molecule has 0 radical (unpaired) electrons. The summed E-state index contributed by atoms with van der Waals surface area (Å²) >= 11 is 0. The highest BCUT2D eigenvalue weighted by molar-refractivity contribution is 4.87. The monoisotopic (exact) mass is 220 g/mol. The zero-order valence-electron chi connectivity index (χ0n) is 9.19. The summed E-state index contributed by atoms with van der Waals surface area (Å²) in [5.74, 6) is 0.676. The van der Waals surface area contributed by atoms with Crippen molar-refractivity contribution < 1.29 is 13.2 Å². The molecule has 2 aliphatic rings. The molecule has 0 nitrogen and oxygen atoms in total. The maximum Gasteiger partial charge on any atom is 0.391 e. The average Bonchev–Trinajstić information content (AvgIpc) is 2.15. The molecule has 3 heteroatoms. The SMILES string of the molecule is CC1CCC2CC(C(F)(F)F)CCC2C1. The van der Waals surface area contributed by atoms with Crippen molar-refractivity contribution in [3.63, 3.8) is 0 Å². The molecule has 15 heavy (non-hydrogen) atoms. The largest absolute Gasteiger partial charge is 0.391 e. The molecule has 2 fully saturated rings. The van der Waals surface area contributed by atoms with Gasteiger partial charge in [-0.25, -0.2) is 0 Å². The van der Waals surface area contributed by atoms with Crippen LogP contribution < -0.4 is 0 Å². The predicted molar refractivity (Wildman–Crippen MR) is 53.4 cm³/mol. The normalized spacial score (nSPS) is 42.4. The van der Waals surface area contributed by atoms with Gasteiger partial charge in [0.25, 0.3) is 0 Å². The van der Waals surface area contributed by atoms with Gasteiger partial charge in [0.2, 0.25) is 0 Å².